The van der Waals surface area contributed by atoms with Gasteiger partial charge in [-0.2, -0.15) is 0 Å². The van der Waals surface area contributed by atoms with Gasteiger partial charge in [-0.25, -0.2) is 4.98 Å². The van der Waals surface area contributed by atoms with Crippen LogP contribution in [-0.4, -0.2) is 83.3 Å². The van der Waals surface area contributed by atoms with E-state index in [1.807, 2.05) is 11.8 Å². The van der Waals surface area contributed by atoms with Gasteiger partial charge in [0.1, 0.15) is 22.8 Å². The van der Waals surface area contributed by atoms with E-state index in [2.05, 4.69) is 49.8 Å². The first kappa shape index (κ1) is 37.3. The molecule has 1 aromatic heterocycles. The van der Waals surface area contributed by atoms with E-state index in [1.54, 1.807) is 5.38 Å². The Morgan fingerprint density at radius 2 is 1.91 bits per heavy atom. The first-order chi connectivity index (χ1) is 20.6. The third-order valence-electron chi connectivity index (χ3n) is 8.80. The summed E-state index contributed by atoms with van der Waals surface area (Å²) in [6, 6.07) is -0.984. The van der Waals surface area contributed by atoms with Crippen LogP contribution in [-0.2, 0) is 14.3 Å². The lowest BCUT2D eigenvalue weighted by Gasteiger charge is -2.40. The highest BCUT2D eigenvalue weighted by molar-refractivity contribution is 7.09. The van der Waals surface area contributed by atoms with E-state index >= 15 is 0 Å². The van der Waals surface area contributed by atoms with Crippen molar-refractivity contribution in [1.82, 2.24) is 20.1 Å². The Balaban J connectivity index is 2.41. The molecule has 2 heterocycles. The van der Waals surface area contributed by atoms with E-state index in [9.17, 15) is 14.4 Å². The Bertz CT molecular complexity index is 984. The third-order valence-corrected chi connectivity index (χ3v) is 9.73. The van der Waals surface area contributed by atoms with Gasteiger partial charge in [-0.05, 0) is 44.6 Å². The highest BCUT2D eigenvalue weighted by Crippen LogP contribution is 2.32. The molecule has 3 N–H and O–H groups in total. The molecule has 1 aliphatic heterocycles. The van der Waals surface area contributed by atoms with Crippen LogP contribution >= 0.6 is 11.3 Å². The minimum atomic E-state index is -0.610. The fourth-order valence-electron chi connectivity index (χ4n) is 6.00. The minimum absolute atomic E-state index is 0.0158. The average molecular weight is 622 g/mol. The van der Waals surface area contributed by atoms with Gasteiger partial charge in [0.15, 0.2) is 5.78 Å². The molecule has 2 amide bonds. The first-order valence-electron chi connectivity index (χ1n) is 16.7. The lowest BCUT2D eigenvalue weighted by molar-refractivity contribution is -0.143. The summed E-state index contributed by atoms with van der Waals surface area (Å²) >= 11 is 1.44. The van der Waals surface area contributed by atoms with Crippen LogP contribution in [0.1, 0.15) is 128 Å². The highest BCUT2D eigenvalue weighted by Gasteiger charge is 2.38. The molecule has 2 rings (SSSR count). The van der Waals surface area contributed by atoms with Crippen LogP contribution in [0, 0.1) is 11.8 Å². The van der Waals surface area contributed by atoms with Gasteiger partial charge in [-0.15, -0.1) is 11.3 Å². The van der Waals surface area contributed by atoms with Crippen LogP contribution in [0.5, 0.6) is 0 Å². The molecule has 0 saturated carbocycles. The van der Waals surface area contributed by atoms with Crippen molar-refractivity contribution in [3.8, 4) is 0 Å². The van der Waals surface area contributed by atoms with Crippen LogP contribution in [0.2, 0.25) is 0 Å². The number of ketones is 1. The SMILES string of the molecule is CCCCCCN(C(=O)[C@@H](NC(=O)[C@H]1CCCCN1CCN)[C@@H](C)CC)[C@H](C[C@@H](OCC)c1nc(C(C)=O)cs1)C(C)C. The Hall–Kier alpha value is -1.88. The summed E-state index contributed by atoms with van der Waals surface area (Å²) in [5.74, 6) is -0.0183. The highest BCUT2D eigenvalue weighted by atomic mass is 32.1. The van der Waals surface area contributed by atoms with Crippen molar-refractivity contribution in [2.75, 3.05) is 32.8 Å². The van der Waals surface area contributed by atoms with E-state index in [4.69, 9.17) is 10.5 Å². The number of ether oxygens (including phenoxy) is 1. The van der Waals surface area contributed by atoms with Gasteiger partial charge in [0.25, 0.3) is 0 Å². The molecular formula is C33H59N5O4S. The number of hydrogen-bond donors (Lipinski definition) is 2. The Kier molecular flexibility index (Phi) is 16.9. The molecule has 0 spiro atoms. The van der Waals surface area contributed by atoms with Gasteiger partial charge in [0.05, 0.1) is 6.04 Å². The number of rotatable bonds is 20. The monoisotopic (exact) mass is 621 g/mol. The van der Waals surface area contributed by atoms with Crippen molar-refractivity contribution in [3.63, 3.8) is 0 Å². The number of nitrogens with zero attached hydrogens (tertiary/aromatic N) is 3. The fourth-order valence-corrected chi connectivity index (χ4v) is 6.92. The number of nitrogens with two attached hydrogens (primary N) is 1. The minimum Gasteiger partial charge on any atom is -0.371 e. The number of Topliss-reactive ketones (excluding diaryl/α,β-unsaturated/α-hetero) is 1. The third kappa shape index (κ3) is 11.2. The molecule has 0 aromatic carbocycles. The number of unbranched alkanes of at least 4 members (excludes halogenated alkanes) is 3. The topological polar surface area (TPSA) is 118 Å². The van der Waals surface area contributed by atoms with Crippen molar-refractivity contribution in [3.05, 3.63) is 16.1 Å². The van der Waals surface area contributed by atoms with Crippen LogP contribution < -0.4 is 11.1 Å². The molecular weight excluding hydrogens is 562 g/mol. The zero-order valence-electron chi connectivity index (χ0n) is 27.9. The Morgan fingerprint density at radius 1 is 1.16 bits per heavy atom. The van der Waals surface area contributed by atoms with E-state index in [1.165, 1.54) is 18.3 Å². The maximum Gasteiger partial charge on any atom is 0.245 e. The molecule has 0 unspecified atom stereocenters. The molecule has 0 bridgehead atoms. The average Bonchev–Trinajstić information content (AvgIpc) is 3.49. The zero-order chi connectivity index (χ0) is 31.9. The van der Waals surface area contributed by atoms with Crippen molar-refractivity contribution in [2.24, 2.45) is 17.6 Å². The standard InChI is InChI=1S/C33H59N5O4S/c1-8-11-12-14-19-38(28(23(4)5)21-29(42-10-3)32-35-26(22-43-32)25(7)39)33(41)30(24(6)9-2)36-31(40)27-16-13-15-18-37(27)20-17-34/h22-24,27-30H,8-21,34H2,1-7H3,(H,36,40)/t24-,27+,28+,29+,30-/m0/s1. The van der Waals surface area contributed by atoms with Crippen molar-refractivity contribution < 1.29 is 19.1 Å². The number of aromatic nitrogens is 1. The molecule has 43 heavy (non-hydrogen) atoms. The van der Waals surface area contributed by atoms with E-state index in [-0.39, 0.29) is 47.6 Å². The number of nitrogens with one attached hydrogen (secondary N) is 1. The molecule has 5 atom stereocenters. The molecule has 1 aromatic rings. The Morgan fingerprint density at radius 3 is 2.49 bits per heavy atom. The molecule has 246 valence electrons. The largest absolute Gasteiger partial charge is 0.371 e. The number of likely N-dealkylation sites (tertiary alicyclic amines) is 1. The molecule has 1 fully saturated rings. The second-order valence-electron chi connectivity index (χ2n) is 12.4. The van der Waals surface area contributed by atoms with Gasteiger partial charge in [0, 0.05) is 51.0 Å². The number of carbonyl (C=O) groups is 3. The van der Waals surface area contributed by atoms with Gasteiger partial charge in [-0.1, -0.05) is 66.7 Å². The summed E-state index contributed by atoms with van der Waals surface area (Å²) in [6.45, 7) is 17.3. The van der Waals surface area contributed by atoms with Gasteiger partial charge >= 0.3 is 0 Å². The Labute approximate surface area is 264 Å². The van der Waals surface area contributed by atoms with Gasteiger partial charge in [0.2, 0.25) is 11.8 Å². The normalized spacial score (nSPS) is 18.7. The zero-order valence-corrected chi connectivity index (χ0v) is 28.7. The molecule has 1 saturated heterocycles. The summed E-state index contributed by atoms with van der Waals surface area (Å²) in [4.78, 5) is 49.1. The van der Waals surface area contributed by atoms with Crippen LogP contribution in [0.25, 0.3) is 0 Å². The van der Waals surface area contributed by atoms with Crippen molar-refractivity contribution >= 4 is 28.9 Å². The number of thiazole rings is 1. The van der Waals surface area contributed by atoms with E-state index in [0.717, 1.165) is 62.9 Å². The second kappa shape index (κ2) is 19.5. The summed E-state index contributed by atoms with van der Waals surface area (Å²) < 4.78 is 6.20. The predicted octanol–water partition coefficient (Wildman–Crippen LogP) is 5.59. The van der Waals surface area contributed by atoms with Gasteiger partial charge in [-0.3, -0.25) is 19.3 Å². The molecule has 9 nitrogen and oxygen atoms in total. The molecule has 10 heteroatoms. The summed E-state index contributed by atoms with van der Waals surface area (Å²) in [7, 11) is 0. The maximum absolute atomic E-state index is 14.6. The molecule has 0 aliphatic carbocycles. The summed E-state index contributed by atoms with van der Waals surface area (Å²) in [5.41, 5.74) is 6.31. The van der Waals surface area contributed by atoms with Gasteiger partial charge < -0.3 is 20.7 Å². The molecule has 0 radical (unpaired) electrons. The summed E-state index contributed by atoms with van der Waals surface area (Å²) in [5, 5.41) is 5.79. The van der Waals surface area contributed by atoms with E-state index in [0.29, 0.717) is 38.4 Å². The number of hydrogen-bond acceptors (Lipinski definition) is 8. The fraction of sp³-hybridized carbons (Fsp3) is 0.818. The molecule has 1 aliphatic rings. The van der Waals surface area contributed by atoms with Crippen LogP contribution in [0.3, 0.4) is 0 Å². The van der Waals surface area contributed by atoms with Crippen LogP contribution in [0.4, 0.5) is 0 Å². The lowest BCUT2D eigenvalue weighted by atomic mass is 9.91. The predicted molar refractivity (Wildman–Crippen MR) is 175 cm³/mol. The van der Waals surface area contributed by atoms with E-state index < -0.39 is 6.04 Å². The maximum atomic E-state index is 14.6. The number of piperidine rings is 1. The first-order valence-corrected chi connectivity index (χ1v) is 17.6. The number of carbonyl (C=O) groups excluding carboxylic acids is 3. The number of amides is 2. The summed E-state index contributed by atoms with van der Waals surface area (Å²) in [6.07, 6.45) is 8.05. The quantitative estimate of drug-likeness (QED) is 0.144. The van der Waals surface area contributed by atoms with Crippen molar-refractivity contribution in [1.29, 1.82) is 0 Å². The lowest BCUT2D eigenvalue weighted by Crippen LogP contribution is -2.59. The smallest absolute Gasteiger partial charge is 0.245 e. The van der Waals surface area contributed by atoms with Crippen LogP contribution in [0.15, 0.2) is 5.38 Å². The van der Waals surface area contributed by atoms with Crippen molar-refractivity contribution in [2.45, 2.75) is 130 Å². The second-order valence-corrected chi connectivity index (χ2v) is 13.3.